The standard InChI is InChI=1S/C16H21NO3/c18-15(11-13-7-4-8-13)17-14(16(19)20)10-9-12-5-2-1-3-6-12/h1-3,5-6,13-14H,4,7-11H2,(H,17,18)(H,19,20). The van der Waals surface area contributed by atoms with E-state index >= 15 is 0 Å². The zero-order valence-corrected chi connectivity index (χ0v) is 11.5. The van der Waals surface area contributed by atoms with Crippen LogP contribution in [0.25, 0.3) is 0 Å². The molecule has 2 N–H and O–H groups in total. The first-order chi connectivity index (χ1) is 9.65. The first-order valence-electron chi connectivity index (χ1n) is 7.21. The Kier molecular flexibility index (Phi) is 5.16. The Balaban J connectivity index is 1.80. The topological polar surface area (TPSA) is 66.4 Å². The average Bonchev–Trinajstić information content (AvgIpc) is 2.39. The van der Waals surface area contributed by atoms with Gasteiger partial charge in [-0.3, -0.25) is 4.79 Å². The summed E-state index contributed by atoms with van der Waals surface area (Å²) in [6, 6.07) is 8.94. The maximum absolute atomic E-state index is 11.8. The molecule has 4 nitrogen and oxygen atoms in total. The largest absolute Gasteiger partial charge is 0.480 e. The van der Waals surface area contributed by atoms with Crippen LogP contribution in [0.5, 0.6) is 0 Å². The Morgan fingerprint density at radius 3 is 2.50 bits per heavy atom. The van der Waals surface area contributed by atoms with Crippen molar-refractivity contribution in [3.05, 3.63) is 35.9 Å². The average molecular weight is 275 g/mol. The quantitative estimate of drug-likeness (QED) is 0.803. The second kappa shape index (κ2) is 7.08. The number of amides is 1. The Morgan fingerprint density at radius 2 is 1.95 bits per heavy atom. The fourth-order valence-corrected chi connectivity index (χ4v) is 2.43. The highest BCUT2D eigenvalue weighted by molar-refractivity contribution is 5.83. The molecule has 0 radical (unpaired) electrons. The number of carbonyl (C=O) groups excluding carboxylic acids is 1. The second-order valence-corrected chi connectivity index (χ2v) is 5.48. The van der Waals surface area contributed by atoms with Crippen molar-refractivity contribution in [2.24, 2.45) is 5.92 Å². The minimum Gasteiger partial charge on any atom is -0.480 e. The van der Waals surface area contributed by atoms with Gasteiger partial charge in [-0.2, -0.15) is 0 Å². The first-order valence-corrected chi connectivity index (χ1v) is 7.21. The highest BCUT2D eigenvalue weighted by Gasteiger charge is 2.24. The number of aliphatic carboxylic acids is 1. The summed E-state index contributed by atoms with van der Waals surface area (Å²) in [4.78, 5) is 23.0. The molecule has 108 valence electrons. The lowest BCUT2D eigenvalue weighted by Gasteiger charge is -2.25. The molecule has 1 atom stereocenters. The van der Waals surface area contributed by atoms with Crippen LogP contribution in [0.15, 0.2) is 30.3 Å². The van der Waals surface area contributed by atoms with Gasteiger partial charge in [-0.1, -0.05) is 36.8 Å². The van der Waals surface area contributed by atoms with E-state index in [0.717, 1.165) is 18.4 Å². The van der Waals surface area contributed by atoms with Gasteiger partial charge < -0.3 is 10.4 Å². The molecule has 0 saturated heterocycles. The van der Waals surface area contributed by atoms with E-state index in [0.29, 0.717) is 25.2 Å². The molecule has 2 rings (SSSR count). The fourth-order valence-electron chi connectivity index (χ4n) is 2.43. The van der Waals surface area contributed by atoms with Crippen LogP contribution in [0.2, 0.25) is 0 Å². The van der Waals surface area contributed by atoms with E-state index < -0.39 is 12.0 Å². The number of hydrogen-bond donors (Lipinski definition) is 2. The Labute approximate surface area is 119 Å². The molecule has 1 aromatic carbocycles. The van der Waals surface area contributed by atoms with Gasteiger partial charge in [0.25, 0.3) is 0 Å². The third-order valence-electron chi connectivity index (χ3n) is 3.90. The number of aryl methyl sites for hydroxylation is 1. The molecule has 1 aromatic rings. The molecule has 0 heterocycles. The van der Waals surface area contributed by atoms with Crippen molar-refractivity contribution in [3.8, 4) is 0 Å². The minimum absolute atomic E-state index is 0.129. The van der Waals surface area contributed by atoms with Crippen LogP contribution in [0.3, 0.4) is 0 Å². The predicted molar refractivity (Wildman–Crippen MR) is 76.3 cm³/mol. The molecule has 1 amide bonds. The molecule has 1 aliphatic rings. The van der Waals surface area contributed by atoms with Crippen molar-refractivity contribution in [1.82, 2.24) is 5.32 Å². The maximum atomic E-state index is 11.8. The summed E-state index contributed by atoms with van der Waals surface area (Å²) in [6.45, 7) is 0. The molecule has 0 aliphatic heterocycles. The number of carboxylic acids is 1. The van der Waals surface area contributed by atoms with Gasteiger partial charge in [0.15, 0.2) is 0 Å². The van der Waals surface area contributed by atoms with E-state index in [1.165, 1.54) is 6.42 Å². The van der Waals surface area contributed by atoms with Gasteiger partial charge in [-0.25, -0.2) is 4.79 Å². The number of rotatable bonds is 7. The monoisotopic (exact) mass is 275 g/mol. The zero-order valence-electron chi connectivity index (χ0n) is 11.5. The lowest BCUT2D eigenvalue weighted by molar-refractivity contribution is -0.142. The van der Waals surface area contributed by atoms with Gasteiger partial charge in [-0.15, -0.1) is 0 Å². The summed E-state index contributed by atoms with van der Waals surface area (Å²) in [7, 11) is 0. The van der Waals surface area contributed by atoms with Gasteiger partial charge in [-0.05, 0) is 37.2 Å². The van der Waals surface area contributed by atoms with Gasteiger partial charge in [0, 0.05) is 6.42 Å². The van der Waals surface area contributed by atoms with Crippen LogP contribution in [-0.2, 0) is 16.0 Å². The number of carboxylic acid groups (broad SMARTS) is 1. The van der Waals surface area contributed by atoms with E-state index in [9.17, 15) is 14.7 Å². The van der Waals surface area contributed by atoms with Gasteiger partial charge in [0.1, 0.15) is 6.04 Å². The van der Waals surface area contributed by atoms with E-state index in [4.69, 9.17) is 0 Å². The Morgan fingerprint density at radius 1 is 1.25 bits per heavy atom. The van der Waals surface area contributed by atoms with Gasteiger partial charge in [0.05, 0.1) is 0 Å². The molecule has 1 saturated carbocycles. The SMILES string of the molecule is O=C(CC1CCC1)NC(CCc1ccccc1)C(=O)O. The second-order valence-electron chi connectivity index (χ2n) is 5.48. The van der Waals surface area contributed by atoms with Crippen LogP contribution < -0.4 is 5.32 Å². The Bertz CT molecular complexity index is 454. The summed E-state index contributed by atoms with van der Waals surface area (Å²) >= 11 is 0. The Hall–Kier alpha value is -1.84. The molecule has 4 heteroatoms. The van der Waals surface area contributed by atoms with Crippen molar-refractivity contribution >= 4 is 11.9 Å². The molecule has 0 aromatic heterocycles. The highest BCUT2D eigenvalue weighted by atomic mass is 16.4. The maximum Gasteiger partial charge on any atom is 0.326 e. The van der Waals surface area contributed by atoms with E-state index in [1.807, 2.05) is 30.3 Å². The molecule has 0 spiro atoms. The summed E-state index contributed by atoms with van der Waals surface area (Å²) in [5.41, 5.74) is 1.09. The van der Waals surface area contributed by atoms with Crippen LogP contribution in [0, 0.1) is 5.92 Å². The smallest absolute Gasteiger partial charge is 0.326 e. The predicted octanol–water partition coefficient (Wildman–Crippen LogP) is 2.38. The fraction of sp³-hybridized carbons (Fsp3) is 0.500. The normalized spacial score (nSPS) is 16.2. The summed E-state index contributed by atoms with van der Waals surface area (Å²) in [5, 5.41) is 11.8. The molecule has 1 fully saturated rings. The minimum atomic E-state index is -0.956. The van der Waals surface area contributed by atoms with Crippen molar-refractivity contribution in [2.45, 2.75) is 44.6 Å². The first kappa shape index (κ1) is 14.6. The molecular formula is C16H21NO3. The van der Waals surface area contributed by atoms with Gasteiger partial charge in [0.2, 0.25) is 5.91 Å². The third-order valence-corrected chi connectivity index (χ3v) is 3.90. The highest BCUT2D eigenvalue weighted by Crippen LogP contribution is 2.29. The molecule has 1 aliphatic carbocycles. The van der Waals surface area contributed by atoms with Gasteiger partial charge >= 0.3 is 5.97 Å². The summed E-state index contributed by atoms with van der Waals surface area (Å²) in [5.74, 6) is -0.628. The van der Waals surface area contributed by atoms with Crippen LogP contribution in [0.1, 0.15) is 37.7 Å². The van der Waals surface area contributed by atoms with E-state index in [1.54, 1.807) is 0 Å². The lowest BCUT2D eigenvalue weighted by Crippen LogP contribution is -2.42. The molecular weight excluding hydrogens is 254 g/mol. The van der Waals surface area contributed by atoms with Crippen LogP contribution in [-0.4, -0.2) is 23.0 Å². The molecule has 1 unspecified atom stereocenters. The van der Waals surface area contributed by atoms with Crippen molar-refractivity contribution < 1.29 is 14.7 Å². The zero-order chi connectivity index (χ0) is 14.4. The number of carbonyl (C=O) groups is 2. The molecule has 0 bridgehead atoms. The number of hydrogen-bond acceptors (Lipinski definition) is 2. The van der Waals surface area contributed by atoms with E-state index in [-0.39, 0.29) is 5.91 Å². The van der Waals surface area contributed by atoms with Crippen molar-refractivity contribution in [3.63, 3.8) is 0 Å². The third kappa shape index (κ3) is 4.37. The number of benzene rings is 1. The summed E-state index contributed by atoms with van der Waals surface area (Å²) < 4.78 is 0. The van der Waals surface area contributed by atoms with E-state index in [2.05, 4.69) is 5.32 Å². The number of nitrogens with one attached hydrogen (secondary N) is 1. The van der Waals surface area contributed by atoms with Crippen LogP contribution in [0.4, 0.5) is 0 Å². The van der Waals surface area contributed by atoms with Crippen LogP contribution >= 0.6 is 0 Å². The summed E-state index contributed by atoms with van der Waals surface area (Å²) in [6.07, 6.45) is 4.92. The molecule has 20 heavy (non-hydrogen) atoms. The van der Waals surface area contributed by atoms with Crippen molar-refractivity contribution in [1.29, 1.82) is 0 Å². The lowest BCUT2D eigenvalue weighted by atomic mass is 9.83. The van der Waals surface area contributed by atoms with Crippen molar-refractivity contribution in [2.75, 3.05) is 0 Å².